The summed E-state index contributed by atoms with van der Waals surface area (Å²) in [5, 5.41) is 16.4. The maximum atomic E-state index is 12.5. The van der Waals surface area contributed by atoms with Crippen LogP contribution < -0.4 is 10.1 Å². The maximum absolute atomic E-state index is 12.5. The first-order valence-corrected chi connectivity index (χ1v) is 10.9. The van der Waals surface area contributed by atoms with E-state index >= 15 is 0 Å². The van der Waals surface area contributed by atoms with Crippen LogP contribution in [0.25, 0.3) is 15.5 Å². The van der Waals surface area contributed by atoms with Crippen LogP contribution in [-0.2, 0) is 10.2 Å². The predicted molar refractivity (Wildman–Crippen MR) is 123 cm³/mol. The fraction of sp³-hybridized carbons (Fsp3) is 0.304. The molecule has 160 valence electrons. The molecular formula is C23H25N5O2S. The lowest BCUT2D eigenvalue weighted by atomic mass is 9.87. The highest BCUT2D eigenvalue weighted by Gasteiger charge is 2.14. The summed E-state index contributed by atoms with van der Waals surface area (Å²) < 4.78 is 7.38. The van der Waals surface area contributed by atoms with Crippen LogP contribution in [0.1, 0.15) is 37.7 Å². The van der Waals surface area contributed by atoms with Crippen LogP contribution in [0.5, 0.6) is 5.75 Å². The van der Waals surface area contributed by atoms with Gasteiger partial charge >= 0.3 is 0 Å². The Bertz CT molecular complexity index is 1240. The molecule has 31 heavy (non-hydrogen) atoms. The fourth-order valence-electron chi connectivity index (χ4n) is 3.11. The molecule has 0 aliphatic heterocycles. The summed E-state index contributed by atoms with van der Waals surface area (Å²) in [4.78, 5) is 13.2. The van der Waals surface area contributed by atoms with Crippen molar-refractivity contribution in [1.82, 2.24) is 19.8 Å². The van der Waals surface area contributed by atoms with Crippen LogP contribution in [0.3, 0.4) is 0 Å². The van der Waals surface area contributed by atoms with Gasteiger partial charge in [-0.3, -0.25) is 4.79 Å². The highest BCUT2D eigenvalue weighted by molar-refractivity contribution is 7.19. The minimum absolute atomic E-state index is 0.0610. The summed E-state index contributed by atoms with van der Waals surface area (Å²) in [6, 6.07) is 13.7. The van der Waals surface area contributed by atoms with Gasteiger partial charge in [-0.2, -0.15) is 9.61 Å². The molecule has 4 rings (SSSR count). The number of carbonyl (C=O) groups excluding carboxylic acids is 1. The molecule has 0 bridgehead atoms. The lowest BCUT2D eigenvalue weighted by Crippen LogP contribution is -2.20. The minimum Gasteiger partial charge on any atom is -0.484 e. The minimum atomic E-state index is -0.214. The summed E-state index contributed by atoms with van der Waals surface area (Å²) in [6.07, 6.45) is 0. The van der Waals surface area contributed by atoms with E-state index in [-0.39, 0.29) is 17.9 Å². The Balaban J connectivity index is 1.43. The van der Waals surface area contributed by atoms with Gasteiger partial charge in [0.25, 0.3) is 5.91 Å². The van der Waals surface area contributed by atoms with Gasteiger partial charge < -0.3 is 10.1 Å². The second-order valence-corrected chi connectivity index (χ2v) is 9.45. The van der Waals surface area contributed by atoms with E-state index in [9.17, 15) is 4.79 Å². The highest BCUT2D eigenvalue weighted by Crippen LogP contribution is 2.29. The van der Waals surface area contributed by atoms with Crippen LogP contribution in [0.15, 0.2) is 42.5 Å². The summed E-state index contributed by atoms with van der Waals surface area (Å²) in [6.45, 7) is 10.2. The van der Waals surface area contributed by atoms with Crippen molar-refractivity contribution in [2.75, 3.05) is 11.9 Å². The van der Waals surface area contributed by atoms with Crippen molar-refractivity contribution in [2.24, 2.45) is 0 Å². The number of aryl methyl sites for hydroxylation is 2. The molecule has 1 amide bonds. The molecule has 0 saturated heterocycles. The number of hydrogen-bond donors (Lipinski definition) is 1. The van der Waals surface area contributed by atoms with Crippen molar-refractivity contribution >= 4 is 27.9 Å². The lowest BCUT2D eigenvalue weighted by Gasteiger charge is -2.19. The van der Waals surface area contributed by atoms with E-state index in [1.807, 2.05) is 56.3 Å². The largest absolute Gasteiger partial charge is 0.484 e. The number of fused-ring (bicyclic) bond motifs is 1. The monoisotopic (exact) mass is 435 g/mol. The van der Waals surface area contributed by atoms with E-state index in [0.29, 0.717) is 5.75 Å². The van der Waals surface area contributed by atoms with Crippen LogP contribution >= 0.6 is 11.3 Å². The molecule has 0 spiro atoms. The van der Waals surface area contributed by atoms with E-state index in [4.69, 9.17) is 4.74 Å². The molecule has 0 fully saturated rings. The number of aromatic nitrogens is 4. The number of nitrogens with zero attached hydrogens (tertiary/aromatic N) is 4. The first-order valence-electron chi connectivity index (χ1n) is 10.0. The maximum Gasteiger partial charge on any atom is 0.262 e. The average molecular weight is 436 g/mol. The number of ether oxygens (including phenoxy) is 1. The zero-order valence-corrected chi connectivity index (χ0v) is 19.1. The Morgan fingerprint density at radius 1 is 1.10 bits per heavy atom. The van der Waals surface area contributed by atoms with Crippen molar-refractivity contribution < 1.29 is 9.53 Å². The van der Waals surface area contributed by atoms with E-state index in [0.717, 1.165) is 32.6 Å². The third kappa shape index (κ3) is 4.59. The Morgan fingerprint density at radius 3 is 2.52 bits per heavy atom. The molecule has 8 heteroatoms. The van der Waals surface area contributed by atoms with E-state index in [2.05, 4.69) is 41.4 Å². The SMILES string of the molecule is Cc1ccc(-c2nn3c(C)nnc3s2)cc1NC(=O)COc1ccc(C(C)(C)C)cc1. The molecule has 0 aliphatic rings. The summed E-state index contributed by atoms with van der Waals surface area (Å²) in [7, 11) is 0. The number of benzene rings is 2. The highest BCUT2D eigenvalue weighted by atomic mass is 32.1. The number of anilines is 1. The average Bonchev–Trinajstić information content (AvgIpc) is 3.30. The number of rotatable bonds is 5. The van der Waals surface area contributed by atoms with Gasteiger partial charge in [-0.15, -0.1) is 10.2 Å². The molecular weight excluding hydrogens is 410 g/mol. The van der Waals surface area contributed by atoms with Crippen molar-refractivity contribution in [1.29, 1.82) is 0 Å². The molecule has 2 aromatic heterocycles. The molecule has 0 atom stereocenters. The van der Waals surface area contributed by atoms with Gasteiger partial charge in [-0.1, -0.05) is 56.4 Å². The number of carbonyl (C=O) groups is 1. The quantitative estimate of drug-likeness (QED) is 0.488. The summed E-state index contributed by atoms with van der Waals surface area (Å²) in [5.41, 5.74) is 3.91. The molecule has 7 nitrogen and oxygen atoms in total. The predicted octanol–water partition coefficient (Wildman–Crippen LogP) is 4.78. The van der Waals surface area contributed by atoms with Gasteiger partial charge in [-0.05, 0) is 48.6 Å². The molecule has 2 heterocycles. The molecule has 0 radical (unpaired) electrons. The molecule has 0 unspecified atom stereocenters. The van der Waals surface area contributed by atoms with Gasteiger partial charge in [0.05, 0.1) is 0 Å². The molecule has 2 aromatic carbocycles. The Hall–Kier alpha value is -3.26. The van der Waals surface area contributed by atoms with E-state index in [1.165, 1.54) is 16.9 Å². The second kappa shape index (κ2) is 8.11. The first-order chi connectivity index (χ1) is 14.7. The number of amides is 1. The van der Waals surface area contributed by atoms with Crippen LogP contribution in [0.2, 0.25) is 0 Å². The fourth-order valence-corrected chi connectivity index (χ4v) is 3.99. The Kier molecular flexibility index (Phi) is 5.49. The van der Waals surface area contributed by atoms with Crippen LogP contribution in [-0.4, -0.2) is 32.3 Å². The lowest BCUT2D eigenvalue weighted by molar-refractivity contribution is -0.118. The summed E-state index contributed by atoms with van der Waals surface area (Å²) in [5.74, 6) is 1.20. The summed E-state index contributed by atoms with van der Waals surface area (Å²) >= 11 is 1.46. The topological polar surface area (TPSA) is 81.4 Å². The van der Waals surface area contributed by atoms with Crippen molar-refractivity contribution in [3.63, 3.8) is 0 Å². The molecule has 0 aliphatic carbocycles. The molecule has 0 saturated carbocycles. The van der Waals surface area contributed by atoms with Crippen LogP contribution in [0, 0.1) is 13.8 Å². The third-order valence-electron chi connectivity index (χ3n) is 5.00. The zero-order valence-electron chi connectivity index (χ0n) is 18.3. The van der Waals surface area contributed by atoms with Crippen molar-refractivity contribution in [3.05, 3.63) is 59.4 Å². The molecule has 1 N–H and O–H groups in total. The van der Waals surface area contributed by atoms with Gasteiger partial charge in [-0.25, -0.2) is 0 Å². The van der Waals surface area contributed by atoms with Gasteiger partial charge in [0.1, 0.15) is 10.8 Å². The Labute approximate surface area is 185 Å². The Morgan fingerprint density at radius 2 is 1.84 bits per heavy atom. The third-order valence-corrected chi connectivity index (χ3v) is 5.94. The van der Waals surface area contributed by atoms with Gasteiger partial charge in [0.2, 0.25) is 4.96 Å². The van der Waals surface area contributed by atoms with Crippen molar-refractivity contribution in [3.8, 4) is 16.3 Å². The molecule has 4 aromatic rings. The van der Waals surface area contributed by atoms with E-state index in [1.54, 1.807) is 4.52 Å². The first kappa shape index (κ1) is 21.0. The second-order valence-electron chi connectivity index (χ2n) is 8.49. The zero-order chi connectivity index (χ0) is 22.2. The van der Waals surface area contributed by atoms with E-state index < -0.39 is 0 Å². The number of nitrogens with one attached hydrogen (secondary N) is 1. The van der Waals surface area contributed by atoms with Crippen molar-refractivity contribution in [2.45, 2.75) is 40.0 Å². The number of hydrogen-bond acceptors (Lipinski definition) is 6. The normalized spacial score (nSPS) is 11.6. The van der Waals surface area contributed by atoms with Gasteiger partial charge in [0, 0.05) is 11.3 Å². The van der Waals surface area contributed by atoms with Gasteiger partial charge in [0.15, 0.2) is 12.4 Å². The smallest absolute Gasteiger partial charge is 0.262 e. The van der Waals surface area contributed by atoms with Crippen LogP contribution in [0.4, 0.5) is 5.69 Å². The standard InChI is InChI=1S/C23H25N5O2S/c1-14-6-7-16(21-27-28-15(2)25-26-22(28)31-21)12-19(14)24-20(29)13-30-18-10-8-17(9-11-18)23(3,4)5/h6-12H,13H2,1-5H3,(H,24,29).